The Morgan fingerprint density at radius 3 is 2.35 bits per heavy atom. The molecule has 2 N–H and O–H groups in total. The highest BCUT2D eigenvalue weighted by molar-refractivity contribution is 5.81. The average Bonchev–Trinajstić information content (AvgIpc) is 3.04. The maximum atomic E-state index is 12.4. The summed E-state index contributed by atoms with van der Waals surface area (Å²) < 4.78 is 0. The van der Waals surface area contributed by atoms with Gasteiger partial charge in [-0.2, -0.15) is 0 Å². The van der Waals surface area contributed by atoms with Crippen LogP contribution in [0.1, 0.15) is 52.4 Å². The molecule has 0 saturated heterocycles. The predicted octanol–water partition coefficient (Wildman–Crippen LogP) is 2.15. The highest BCUT2D eigenvalue weighted by atomic mass is 16.2. The summed E-state index contributed by atoms with van der Waals surface area (Å²) in [4.78, 5) is 14.5. The second-order valence-corrected chi connectivity index (χ2v) is 5.92. The molecule has 1 amide bonds. The van der Waals surface area contributed by atoms with E-state index in [1.807, 2.05) is 0 Å². The molecule has 2 atom stereocenters. The Morgan fingerprint density at radius 2 is 1.88 bits per heavy atom. The number of hydrogen-bond donors (Lipinski definition) is 1. The van der Waals surface area contributed by atoms with Crippen molar-refractivity contribution in [1.29, 1.82) is 0 Å². The third-order valence-corrected chi connectivity index (χ3v) is 4.36. The van der Waals surface area contributed by atoms with E-state index >= 15 is 0 Å². The van der Waals surface area contributed by atoms with E-state index in [4.69, 9.17) is 5.73 Å². The van der Waals surface area contributed by atoms with Crippen molar-refractivity contribution < 1.29 is 4.79 Å². The van der Waals surface area contributed by atoms with E-state index in [9.17, 15) is 4.79 Å². The minimum absolute atomic E-state index is 0.331. The van der Waals surface area contributed by atoms with E-state index in [2.05, 4.69) is 18.7 Å². The summed E-state index contributed by atoms with van der Waals surface area (Å²) in [5.41, 5.74) is 5.94. The van der Waals surface area contributed by atoms with Crippen molar-refractivity contribution in [2.45, 2.75) is 64.5 Å². The van der Waals surface area contributed by atoms with Gasteiger partial charge in [0, 0.05) is 24.5 Å². The van der Waals surface area contributed by atoms with Crippen LogP contribution < -0.4 is 5.73 Å². The minimum Gasteiger partial charge on any atom is -0.339 e. The van der Waals surface area contributed by atoms with Crippen LogP contribution in [-0.4, -0.2) is 29.4 Å². The van der Waals surface area contributed by atoms with Crippen LogP contribution in [0.3, 0.4) is 0 Å². The summed E-state index contributed by atoms with van der Waals surface area (Å²) in [5.74, 6) is 1.37. The molecule has 0 aromatic rings. The molecule has 2 saturated carbocycles. The molecule has 2 aliphatic carbocycles. The molecule has 2 unspecified atom stereocenters. The van der Waals surface area contributed by atoms with E-state index in [1.165, 1.54) is 0 Å². The van der Waals surface area contributed by atoms with Gasteiger partial charge in [0.25, 0.3) is 0 Å². The van der Waals surface area contributed by atoms with Crippen LogP contribution in [0.25, 0.3) is 0 Å². The zero-order valence-corrected chi connectivity index (χ0v) is 11.2. The Balaban J connectivity index is 1.94. The summed E-state index contributed by atoms with van der Waals surface area (Å²) in [6.07, 6.45) is 6.54. The summed E-state index contributed by atoms with van der Waals surface area (Å²) in [7, 11) is 0. The van der Waals surface area contributed by atoms with E-state index in [0.717, 1.165) is 45.1 Å². The number of carbonyl (C=O) groups is 1. The molecule has 0 radical (unpaired) electrons. The standard InChI is InChI=1S/C14H26N2O/c1-3-8-16(14(17)13-9-10(13)2)12-6-4-11(15)5-7-12/h10-13H,3-9,15H2,1-2H3. The molecule has 0 heterocycles. The van der Waals surface area contributed by atoms with Crippen LogP contribution in [-0.2, 0) is 4.79 Å². The SMILES string of the molecule is CCCN(C(=O)C1CC1C)C1CCC(N)CC1. The molecular weight excluding hydrogens is 212 g/mol. The van der Waals surface area contributed by atoms with Crippen molar-refractivity contribution in [2.24, 2.45) is 17.6 Å². The fourth-order valence-corrected chi connectivity index (χ4v) is 3.01. The fourth-order valence-electron chi connectivity index (χ4n) is 3.01. The van der Waals surface area contributed by atoms with Crippen molar-refractivity contribution in [3.8, 4) is 0 Å². The van der Waals surface area contributed by atoms with Crippen molar-refractivity contribution in [2.75, 3.05) is 6.54 Å². The molecule has 2 aliphatic rings. The van der Waals surface area contributed by atoms with E-state index < -0.39 is 0 Å². The molecule has 3 heteroatoms. The Labute approximate surface area is 105 Å². The van der Waals surface area contributed by atoms with Crippen molar-refractivity contribution in [3.05, 3.63) is 0 Å². The lowest BCUT2D eigenvalue weighted by molar-refractivity contribution is -0.136. The second kappa shape index (κ2) is 5.38. The van der Waals surface area contributed by atoms with E-state index in [-0.39, 0.29) is 0 Å². The molecule has 3 nitrogen and oxygen atoms in total. The Bertz CT molecular complexity index is 271. The molecule has 0 bridgehead atoms. The molecule has 98 valence electrons. The van der Waals surface area contributed by atoms with Gasteiger partial charge in [-0.3, -0.25) is 4.79 Å². The molecule has 2 fully saturated rings. The number of hydrogen-bond acceptors (Lipinski definition) is 2. The van der Waals surface area contributed by atoms with Gasteiger partial charge in [-0.25, -0.2) is 0 Å². The van der Waals surface area contributed by atoms with Crippen molar-refractivity contribution in [3.63, 3.8) is 0 Å². The molecular formula is C14H26N2O. The minimum atomic E-state index is 0.331. The normalized spacial score (nSPS) is 36.6. The van der Waals surface area contributed by atoms with E-state index in [0.29, 0.717) is 29.8 Å². The zero-order chi connectivity index (χ0) is 12.4. The molecule has 0 spiro atoms. The highest BCUT2D eigenvalue weighted by Crippen LogP contribution is 2.40. The molecule has 17 heavy (non-hydrogen) atoms. The number of amides is 1. The number of nitrogens with zero attached hydrogens (tertiary/aromatic N) is 1. The zero-order valence-electron chi connectivity index (χ0n) is 11.2. The smallest absolute Gasteiger partial charge is 0.226 e. The second-order valence-electron chi connectivity index (χ2n) is 5.92. The Morgan fingerprint density at radius 1 is 1.29 bits per heavy atom. The van der Waals surface area contributed by atoms with Crippen LogP contribution in [0.4, 0.5) is 0 Å². The van der Waals surface area contributed by atoms with E-state index in [1.54, 1.807) is 0 Å². The topological polar surface area (TPSA) is 46.3 Å². The van der Waals surface area contributed by atoms with Gasteiger partial charge in [0.1, 0.15) is 0 Å². The lowest BCUT2D eigenvalue weighted by Crippen LogP contribution is -2.45. The lowest BCUT2D eigenvalue weighted by Gasteiger charge is -2.36. The first-order valence-electron chi connectivity index (χ1n) is 7.19. The number of rotatable bonds is 4. The largest absolute Gasteiger partial charge is 0.339 e. The van der Waals surface area contributed by atoms with Crippen LogP contribution in [0.2, 0.25) is 0 Å². The summed E-state index contributed by atoms with van der Waals surface area (Å²) in [6.45, 7) is 5.27. The van der Waals surface area contributed by atoms with Crippen LogP contribution in [0.15, 0.2) is 0 Å². The third-order valence-electron chi connectivity index (χ3n) is 4.36. The summed E-state index contributed by atoms with van der Waals surface area (Å²) in [5, 5.41) is 0. The molecule has 0 aromatic heterocycles. The van der Waals surface area contributed by atoms with Crippen molar-refractivity contribution in [1.82, 2.24) is 4.90 Å². The van der Waals surface area contributed by atoms with Gasteiger partial charge < -0.3 is 10.6 Å². The van der Waals surface area contributed by atoms with Gasteiger partial charge in [-0.15, -0.1) is 0 Å². The maximum absolute atomic E-state index is 12.4. The fraction of sp³-hybridized carbons (Fsp3) is 0.929. The summed E-state index contributed by atoms with van der Waals surface area (Å²) in [6, 6.07) is 0.833. The predicted molar refractivity (Wildman–Crippen MR) is 69.5 cm³/mol. The van der Waals surface area contributed by atoms with Gasteiger partial charge in [0.15, 0.2) is 0 Å². The highest BCUT2D eigenvalue weighted by Gasteiger charge is 2.43. The number of nitrogens with two attached hydrogens (primary N) is 1. The van der Waals surface area contributed by atoms with Gasteiger partial charge in [0.2, 0.25) is 5.91 Å². The Kier molecular flexibility index (Phi) is 4.08. The third kappa shape index (κ3) is 3.01. The number of carbonyl (C=O) groups excluding carboxylic acids is 1. The van der Waals surface area contributed by atoms with Gasteiger partial charge in [0.05, 0.1) is 0 Å². The molecule has 2 rings (SSSR count). The summed E-state index contributed by atoms with van der Waals surface area (Å²) >= 11 is 0. The Hall–Kier alpha value is -0.570. The van der Waals surface area contributed by atoms with Crippen LogP contribution >= 0.6 is 0 Å². The molecule has 0 aliphatic heterocycles. The first kappa shape index (κ1) is 12.9. The first-order chi connectivity index (χ1) is 8.13. The quantitative estimate of drug-likeness (QED) is 0.815. The van der Waals surface area contributed by atoms with Gasteiger partial charge in [-0.05, 0) is 44.4 Å². The molecule has 0 aromatic carbocycles. The maximum Gasteiger partial charge on any atom is 0.226 e. The van der Waals surface area contributed by atoms with Gasteiger partial charge >= 0.3 is 0 Å². The van der Waals surface area contributed by atoms with Crippen molar-refractivity contribution >= 4 is 5.91 Å². The lowest BCUT2D eigenvalue weighted by atomic mass is 9.90. The van der Waals surface area contributed by atoms with Gasteiger partial charge in [-0.1, -0.05) is 13.8 Å². The average molecular weight is 238 g/mol. The first-order valence-corrected chi connectivity index (χ1v) is 7.19. The van der Waals surface area contributed by atoms with Crippen LogP contribution in [0.5, 0.6) is 0 Å². The van der Waals surface area contributed by atoms with Crippen LogP contribution in [0, 0.1) is 11.8 Å². The monoisotopic (exact) mass is 238 g/mol.